The highest BCUT2D eigenvalue weighted by molar-refractivity contribution is 5.51. The summed E-state index contributed by atoms with van der Waals surface area (Å²) in [6.07, 6.45) is 4.64. The number of aromatic nitrogens is 3. The first kappa shape index (κ1) is 10.5. The lowest BCUT2D eigenvalue weighted by Crippen LogP contribution is -2.14. The Labute approximate surface area is 98.4 Å². The van der Waals surface area contributed by atoms with Crippen molar-refractivity contribution in [3.63, 3.8) is 0 Å². The Balaban J connectivity index is 2.24. The molecule has 1 fully saturated rings. The molecule has 3 rings (SSSR count). The van der Waals surface area contributed by atoms with Gasteiger partial charge in [-0.15, -0.1) is 0 Å². The highest BCUT2D eigenvalue weighted by Crippen LogP contribution is 2.30. The number of hydrogen-bond acceptors (Lipinski definition) is 3. The lowest BCUT2D eigenvalue weighted by molar-refractivity contribution is 0.117. The van der Waals surface area contributed by atoms with Crippen molar-refractivity contribution in [1.29, 1.82) is 0 Å². The van der Waals surface area contributed by atoms with Crippen LogP contribution in [0, 0.1) is 6.92 Å². The molecule has 1 N–H and O–H groups in total. The average molecular weight is 233 g/mol. The van der Waals surface area contributed by atoms with Gasteiger partial charge in [-0.1, -0.05) is 0 Å². The average Bonchev–Trinajstić information content (AvgIpc) is 2.84. The van der Waals surface area contributed by atoms with E-state index in [9.17, 15) is 4.79 Å². The van der Waals surface area contributed by atoms with Gasteiger partial charge in [-0.25, -0.2) is 4.98 Å². The molecule has 0 aromatic carbocycles. The second-order valence-electron chi connectivity index (χ2n) is 4.53. The van der Waals surface area contributed by atoms with Crippen molar-refractivity contribution in [2.24, 2.45) is 0 Å². The van der Waals surface area contributed by atoms with Crippen molar-refractivity contribution in [2.45, 2.75) is 32.3 Å². The minimum Gasteiger partial charge on any atom is -0.378 e. The Morgan fingerprint density at radius 2 is 2.41 bits per heavy atom. The molecule has 1 aliphatic rings. The number of H-pyrrole nitrogens is 1. The van der Waals surface area contributed by atoms with Gasteiger partial charge in [-0.2, -0.15) is 0 Å². The first-order valence-electron chi connectivity index (χ1n) is 5.86. The summed E-state index contributed by atoms with van der Waals surface area (Å²) in [5.41, 5.74) is 1.33. The zero-order valence-corrected chi connectivity index (χ0v) is 9.93. The van der Waals surface area contributed by atoms with E-state index < -0.39 is 0 Å². The summed E-state index contributed by atoms with van der Waals surface area (Å²) >= 11 is 0. The molecular formula is C12H15N3O2. The van der Waals surface area contributed by atoms with Crippen LogP contribution >= 0.6 is 0 Å². The molecule has 2 atom stereocenters. The maximum absolute atomic E-state index is 11.8. The lowest BCUT2D eigenvalue weighted by atomic mass is 10.0. The number of hydrogen-bond donors (Lipinski definition) is 1. The standard InChI is InChI=1S/C12H15N3O2/c1-7-10-12(16)13-4-5-15(10)11(14-7)9-3-6-17-8(9)2/h4-5,8-9H,3,6H2,1-2H3,(H,13,16). The van der Waals surface area contributed by atoms with Crippen LogP contribution in [0.2, 0.25) is 0 Å². The molecule has 0 saturated carbocycles. The van der Waals surface area contributed by atoms with Crippen molar-refractivity contribution in [3.8, 4) is 0 Å². The number of fused-ring (bicyclic) bond motifs is 1. The van der Waals surface area contributed by atoms with Crippen molar-refractivity contribution in [2.75, 3.05) is 6.61 Å². The third-order valence-corrected chi connectivity index (χ3v) is 3.47. The van der Waals surface area contributed by atoms with Crippen molar-refractivity contribution < 1.29 is 4.74 Å². The number of nitrogens with one attached hydrogen (secondary N) is 1. The third-order valence-electron chi connectivity index (χ3n) is 3.47. The Morgan fingerprint density at radius 3 is 3.12 bits per heavy atom. The van der Waals surface area contributed by atoms with E-state index in [2.05, 4.69) is 16.9 Å². The van der Waals surface area contributed by atoms with Crippen molar-refractivity contribution in [3.05, 3.63) is 34.3 Å². The Morgan fingerprint density at radius 1 is 1.59 bits per heavy atom. The molecule has 17 heavy (non-hydrogen) atoms. The number of ether oxygens (including phenoxy) is 1. The van der Waals surface area contributed by atoms with Gasteiger partial charge in [0.05, 0.1) is 11.8 Å². The van der Waals surface area contributed by atoms with Gasteiger partial charge in [0.15, 0.2) is 0 Å². The highest BCUT2D eigenvalue weighted by atomic mass is 16.5. The van der Waals surface area contributed by atoms with Crippen LogP contribution in [-0.4, -0.2) is 27.1 Å². The van der Waals surface area contributed by atoms with E-state index >= 15 is 0 Å². The highest BCUT2D eigenvalue weighted by Gasteiger charge is 2.30. The van der Waals surface area contributed by atoms with Crippen LogP contribution in [0.5, 0.6) is 0 Å². The quantitative estimate of drug-likeness (QED) is 0.805. The molecule has 1 aliphatic heterocycles. The van der Waals surface area contributed by atoms with Crippen molar-refractivity contribution >= 4 is 5.52 Å². The fourth-order valence-electron chi connectivity index (χ4n) is 2.58. The SMILES string of the molecule is Cc1nc(C2CCOC2C)n2cc[nH]c(=O)c12. The molecule has 0 radical (unpaired) electrons. The Bertz CT molecular complexity index is 614. The summed E-state index contributed by atoms with van der Waals surface area (Å²) in [6, 6.07) is 0. The summed E-state index contributed by atoms with van der Waals surface area (Å²) < 4.78 is 7.46. The second kappa shape index (κ2) is 3.70. The molecule has 2 unspecified atom stereocenters. The van der Waals surface area contributed by atoms with E-state index in [0.717, 1.165) is 24.5 Å². The molecule has 1 saturated heterocycles. The lowest BCUT2D eigenvalue weighted by Gasteiger charge is -2.12. The molecule has 0 bridgehead atoms. The van der Waals surface area contributed by atoms with E-state index in [1.807, 2.05) is 17.5 Å². The summed E-state index contributed by atoms with van der Waals surface area (Å²) in [6.45, 7) is 4.69. The minimum absolute atomic E-state index is 0.0877. The number of imidazole rings is 1. The maximum atomic E-state index is 11.8. The number of rotatable bonds is 1. The van der Waals surface area contributed by atoms with Gasteiger partial charge in [-0.05, 0) is 20.3 Å². The van der Waals surface area contributed by atoms with E-state index in [-0.39, 0.29) is 17.6 Å². The minimum atomic E-state index is -0.0877. The molecule has 0 aliphatic carbocycles. The van der Waals surface area contributed by atoms with Gasteiger partial charge < -0.3 is 9.72 Å². The Hall–Kier alpha value is -1.62. The summed E-state index contributed by atoms with van der Waals surface area (Å²) in [5, 5.41) is 0. The van der Waals surface area contributed by atoms with Crippen LogP contribution in [0.3, 0.4) is 0 Å². The van der Waals surface area contributed by atoms with Crippen LogP contribution in [0.15, 0.2) is 17.2 Å². The fraction of sp³-hybridized carbons (Fsp3) is 0.500. The molecule has 2 aromatic rings. The zero-order valence-electron chi connectivity index (χ0n) is 9.93. The molecule has 0 amide bonds. The van der Waals surface area contributed by atoms with Gasteiger partial charge in [0.25, 0.3) is 5.56 Å². The van der Waals surface area contributed by atoms with Crippen LogP contribution in [0.1, 0.15) is 30.8 Å². The molecule has 90 valence electrons. The van der Waals surface area contributed by atoms with E-state index in [1.54, 1.807) is 6.20 Å². The monoisotopic (exact) mass is 233 g/mol. The second-order valence-corrected chi connectivity index (χ2v) is 4.53. The predicted molar refractivity (Wildman–Crippen MR) is 63.3 cm³/mol. The van der Waals surface area contributed by atoms with E-state index in [4.69, 9.17) is 4.74 Å². The predicted octanol–water partition coefficient (Wildman–Crippen LogP) is 1.22. The normalized spacial score (nSPS) is 24.6. The van der Waals surface area contributed by atoms with E-state index in [0.29, 0.717) is 5.52 Å². The van der Waals surface area contributed by atoms with Crippen LogP contribution in [-0.2, 0) is 4.74 Å². The van der Waals surface area contributed by atoms with Gasteiger partial charge in [0, 0.05) is 24.9 Å². The molecular weight excluding hydrogens is 218 g/mol. The van der Waals surface area contributed by atoms with E-state index in [1.165, 1.54) is 0 Å². The summed E-state index contributed by atoms with van der Waals surface area (Å²) in [4.78, 5) is 19.0. The number of nitrogens with zero attached hydrogens (tertiary/aromatic N) is 2. The maximum Gasteiger partial charge on any atom is 0.274 e. The fourth-order valence-corrected chi connectivity index (χ4v) is 2.58. The van der Waals surface area contributed by atoms with Crippen LogP contribution < -0.4 is 5.56 Å². The van der Waals surface area contributed by atoms with Gasteiger partial charge in [0.1, 0.15) is 11.3 Å². The molecule has 0 spiro atoms. The largest absolute Gasteiger partial charge is 0.378 e. The van der Waals surface area contributed by atoms with Crippen molar-refractivity contribution in [1.82, 2.24) is 14.4 Å². The first-order valence-corrected chi connectivity index (χ1v) is 5.86. The summed E-state index contributed by atoms with van der Waals surface area (Å²) in [5.74, 6) is 1.21. The zero-order chi connectivity index (χ0) is 12.0. The molecule has 2 aromatic heterocycles. The van der Waals surface area contributed by atoms with Gasteiger partial charge in [-0.3, -0.25) is 9.20 Å². The van der Waals surface area contributed by atoms with Gasteiger partial charge >= 0.3 is 0 Å². The topological polar surface area (TPSA) is 59.4 Å². The Kier molecular flexibility index (Phi) is 2.29. The first-order chi connectivity index (χ1) is 8.18. The van der Waals surface area contributed by atoms with Crippen LogP contribution in [0.4, 0.5) is 0 Å². The van der Waals surface area contributed by atoms with Gasteiger partial charge in [0.2, 0.25) is 0 Å². The molecule has 5 heteroatoms. The molecule has 5 nitrogen and oxygen atoms in total. The smallest absolute Gasteiger partial charge is 0.274 e. The number of aryl methyl sites for hydroxylation is 1. The van der Waals surface area contributed by atoms with Crippen LogP contribution in [0.25, 0.3) is 5.52 Å². The third kappa shape index (κ3) is 1.50. The number of aromatic amines is 1. The summed E-state index contributed by atoms with van der Waals surface area (Å²) in [7, 11) is 0. The molecule has 3 heterocycles.